The summed E-state index contributed by atoms with van der Waals surface area (Å²) in [5.41, 5.74) is 1.32. The van der Waals surface area contributed by atoms with Crippen molar-refractivity contribution in [3.05, 3.63) is 80.6 Å². The van der Waals surface area contributed by atoms with Crippen LogP contribution < -0.4 is 5.43 Å². The molecular weight excluding hydrogens is 360 g/mol. The Balaban J connectivity index is 1.64. The molecule has 2 atom stereocenters. The van der Waals surface area contributed by atoms with Gasteiger partial charge in [-0.3, -0.25) is 9.59 Å². The number of rotatable bonds is 3. The quantitative estimate of drug-likeness (QED) is 0.518. The molecular formula is C18H11BrO4. The number of ether oxygens (including phenoxy) is 1. The molecule has 0 aliphatic carbocycles. The highest BCUT2D eigenvalue weighted by atomic mass is 79.9. The fourth-order valence-electron chi connectivity index (χ4n) is 2.62. The number of carbonyl (C=O) groups excluding carboxylic acids is 1. The summed E-state index contributed by atoms with van der Waals surface area (Å²) < 4.78 is 11.8. The first-order chi connectivity index (χ1) is 11.1. The average Bonchev–Trinajstić information content (AvgIpc) is 3.36. The van der Waals surface area contributed by atoms with Crippen molar-refractivity contribution in [2.24, 2.45) is 0 Å². The van der Waals surface area contributed by atoms with Gasteiger partial charge in [0.1, 0.15) is 18.0 Å². The third-order valence-electron chi connectivity index (χ3n) is 3.89. The van der Waals surface area contributed by atoms with Gasteiger partial charge in [0.2, 0.25) is 0 Å². The second-order valence-corrected chi connectivity index (χ2v) is 6.28. The molecule has 0 N–H and O–H groups in total. The first-order valence-electron chi connectivity index (χ1n) is 7.11. The van der Waals surface area contributed by atoms with Crippen LogP contribution in [0.4, 0.5) is 0 Å². The zero-order chi connectivity index (χ0) is 16.0. The summed E-state index contributed by atoms with van der Waals surface area (Å²) in [6.45, 7) is 0. The summed E-state index contributed by atoms with van der Waals surface area (Å²) in [5, 5.41) is 0.496. The van der Waals surface area contributed by atoms with E-state index in [0.29, 0.717) is 22.1 Å². The highest BCUT2D eigenvalue weighted by Crippen LogP contribution is 2.39. The molecule has 1 aliphatic heterocycles. The Hall–Kier alpha value is -2.24. The summed E-state index contributed by atoms with van der Waals surface area (Å²) in [5.74, 6) is -0.130. The standard InChI is InChI=1S/C18H11BrO4/c19-11-7-5-10(6-8-11)15(20)18-17(23-18)13-9-22-14-4-2-1-3-12(14)16(13)21/h1-9,17-18H/t17-,18+/m1/s1. The van der Waals surface area contributed by atoms with E-state index in [9.17, 15) is 9.59 Å². The van der Waals surface area contributed by atoms with Crippen LogP contribution in [-0.2, 0) is 4.74 Å². The Morgan fingerprint density at radius 3 is 2.57 bits per heavy atom. The molecule has 23 heavy (non-hydrogen) atoms. The summed E-state index contributed by atoms with van der Waals surface area (Å²) in [4.78, 5) is 24.9. The maximum atomic E-state index is 12.5. The second-order valence-electron chi connectivity index (χ2n) is 5.36. The van der Waals surface area contributed by atoms with Crippen LogP contribution in [0.1, 0.15) is 22.0 Å². The molecule has 1 saturated heterocycles. The van der Waals surface area contributed by atoms with Gasteiger partial charge in [-0.15, -0.1) is 0 Å². The smallest absolute Gasteiger partial charge is 0.198 e. The molecule has 0 saturated carbocycles. The fraction of sp³-hybridized carbons (Fsp3) is 0.111. The number of Topliss-reactive ketones (excluding diaryl/α,β-unsaturated/α-hetero) is 1. The maximum Gasteiger partial charge on any atom is 0.198 e. The Kier molecular flexibility index (Phi) is 3.39. The van der Waals surface area contributed by atoms with E-state index in [2.05, 4.69) is 15.9 Å². The Bertz CT molecular complexity index is 959. The number of epoxide rings is 1. The molecule has 1 fully saturated rings. The van der Waals surface area contributed by atoms with E-state index >= 15 is 0 Å². The van der Waals surface area contributed by atoms with E-state index in [1.165, 1.54) is 6.26 Å². The fourth-order valence-corrected chi connectivity index (χ4v) is 2.88. The van der Waals surface area contributed by atoms with Gasteiger partial charge in [-0.2, -0.15) is 0 Å². The van der Waals surface area contributed by atoms with Crippen molar-refractivity contribution >= 4 is 32.7 Å². The van der Waals surface area contributed by atoms with Gasteiger partial charge in [0.25, 0.3) is 0 Å². The summed E-state index contributed by atoms with van der Waals surface area (Å²) in [6, 6.07) is 14.1. The van der Waals surface area contributed by atoms with Crippen molar-refractivity contribution in [1.29, 1.82) is 0 Å². The topological polar surface area (TPSA) is 59.8 Å². The largest absolute Gasteiger partial charge is 0.464 e. The summed E-state index contributed by atoms with van der Waals surface area (Å²) >= 11 is 3.33. The van der Waals surface area contributed by atoms with Crippen LogP contribution in [0.2, 0.25) is 0 Å². The van der Waals surface area contributed by atoms with Gasteiger partial charge in [0.05, 0.1) is 10.9 Å². The zero-order valence-electron chi connectivity index (χ0n) is 11.9. The van der Waals surface area contributed by atoms with Crippen molar-refractivity contribution in [2.45, 2.75) is 12.2 Å². The molecule has 1 aliphatic rings. The number of halogens is 1. The third-order valence-corrected chi connectivity index (χ3v) is 4.42. The van der Waals surface area contributed by atoms with Crippen LogP contribution in [0, 0.1) is 0 Å². The minimum atomic E-state index is -0.625. The van der Waals surface area contributed by atoms with Gasteiger partial charge in [-0.05, 0) is 24.3 Å². The Morgan fingerprint density at radius 1 is 1.04 bits per heavy atom. The SMILES string of the molecule is O=C(c1ccc(Br)cc1)[C@@H]1O[C@@H]1c1coc2ccccc2c1=O. The lowest BCUT2D eigenvalue weighted by Gasteiger charge is -2.00. The average molecular weight is 371 g/mol. The molecule has 2 aromatic carbocycles. The number of benzene rings is 2. The number of hydrogen-bond donors (Lipinski definition) is 0. The van der Waals surface area contributed by atoms with E-state index < -0.39 is 12.2 Å². The predicted molar refractivity (Wildman–Crippen MR) is 88.6 cm³/mol. The molecule has 0 radical (unpaired) electrons. The first kappa shape index (κ1) is 14.4. The van der Waals surface area contributed by atoms with Gasteiger partial charge >= 0.3 is 0 Å². The molecule has 0 bridgehead atoms. The number of carbonyl (C=O) groups is 1. The van der Waals surface area contributed by atoms with E-state index in [-0.39, 0.29) is 11.2 Å². The van der Waals surface area contributed by atoms with Crippen LogP contribution in [-0.4, -0.2) is 11.9 Å². The maximum absolute atomic E-state index is 12.5. The van der Waals surface area contributed by atoms with Crippen molar-refractivity contribution in [2.75, 3.05) is 0 Å². The highest BCUT2D eigenvalue weighted by Gasteiger charge is 2.48. The predicted octanol–water partition coefficient (Wildman–Crippen LogP) is 3.88. The Labute approximate surface area is 139 Å². The van der Waals surface area contributed by atoms with Crippen LogP contribution in [0.25, 0.3) is 11.0 Å². The molecule has 0 amide bonds. The molecule has 114 valence electrons. The zero-order valence-corrected chi connectivity index (χ0v) is 13.4. The number of ketones is 1. The van der Waals surface area contributed by atoms with Crippen molar-refractivity contribution < 1.29 is 13.9 Å². The normalized spacial score (nSPS) is 19.7. The van der Waals surface area contributed by atoms with E-state index in [1.807, 2.05) is 0 Å². The van der Waals surface area contributed by atoms with Gasteiger partial charge < -0.3 is 9.15 Å². The minimum absolute atomic E-state index is 0.130. The first-order valence-corrected chi connectivity index (χ1v) is 7.90. The Morgan fingerprint density at radius 2 is 1.78 bits per heavy atom. The van der Waals surface area contributed by atoms with Crippen LogP contribution in [0.5, 0.6) is 0 Å². The molecule has 4 rings (SSSR count). The molecule has 5 heteroatoms. The van der Waals surface area contributed by atoms with Crippen molar-refractivity contribution in [3.63, 3.8) is 0 Å². The second kappa shape index (κ2) is 5.44. The van der Waals surface area contributed by atoms with Gasteiger partial charge in [0.15, 0.2) is 17.3 Å². The number of fused-ring (bicyclic) bond motifs is 1. The summed E-state index contributed by atoms with van der Waals surface area (Å²) in [6.07, 6.45) is 0.233. The lowest BCUT2D eigenvalue weighted by Crippen LogP contribution is -2.13. The van der Waals surface area contributed by atoms with E-state index in [4.69, 9.17) is 9.15 Å². The van der Waals surface area contributed by atoms with Gasteiger partial charge in [-0.25, -0.2) is 0 Å². The lowest BCUT2D eigenvalue weighted by atomic mass is 10.0. The molecule has 0 unspecified atom stereocenters. The number of hydrogen-bond acceptors (Lipinski definition) is 4. The number of para-hydroxylation sites is 1. The molecule has 1 aromatic heterocycles. The molecule has 0 spiro atoms. The van der Waals surface area contributed by atoms with Crippen LogP contribution in [0.3, 0.4) is 0 Å². The lowest BCUT2D eigenvalue weighted by molar-refractivity contribution is 0.0953. The van der Waals surface area contributed by atoms with Gasteiger partial charge in [-0.1, -0.05) is 40.2 Å². The van der Waals surface area contributed by atoms with Crippen molar-refractivity contribution in [1.82, 2.24) is 0 Å². The van der Waals surface area contributed by atoms with Crippen LogP contribution in [0.15, 0.2) is 68.5 Å². The highest BCUT2D eigenvalue weighted by molar-refractivity contribution is 9.10. The third kappa shape index (κ3) is 2.52. The molecule has 3 aromatic rings. The minimum Gasteiger partial charge on any atom is -0.464 e. The van der Waals surface area contributed by atoms with Crippen molar-refractivity contribution in [3.8, 4) is 0 Å². The monoisotopic (exact) mass is 370 g/mol. The van der Waals surface area contributed by atoms with E-state index in [0.717, 1.165) is 4.47 Å². The molecule has 4 nitrogen and oxygen atoms in total. The van der Waals surface area contributed by atoms with Gasteiger partial charge in [0, 0.05) is 10.0 Å². The summed E-state index contributed by atoms with van der Waals surface area (Å²) in [7, 11) is 0. The van der Waals surface area contributed by atoms with Crippen LogP contribution >= 0.6 is 15.9 Å². The molecule has 2 heterocycles. The van der Waals surface area contributed by atoms with E-state index in [1.54, 1.807) is 48.5 Å².